The number of nitrogens with one attached hydrogen (secondary N) is 1. The maximum atomic E-state index is 12.5. The first-order valence-electron chi connectivity index (χ1n) is 4.09. The molecule has 0 saturated carbocycles. The molecule has 1 N–H and O–H groups in total. The van der Waals surface area contributed by atoms with Gasteiger partial charge < -0.3 is 5.32 Å². The quantitative estimate of drug-likeness (QED) is 0.800. The zero-order chi connectivity index (χ0) is 12.3. The van der Waals surface area contributed by atoms with Gasteiger partial charge >= 0.3 is 6.18 Å². The number of rotatable bonds is 1. The van der Waals surface area contributed by atoms with E-state index in [4.69, 9.17) is 5.26 Å². The second-order valence-corrected chi connectivity index (χ2v) is 2.91. The van der Waals surface area contributed by atoms with Crippen LogP contribution in [0.15, 0.2) is 12.3 Å². The first kappa shape index (κ1) is 12.0. The summed E-state index contributed by atoms with van der Waals surface area (Å²) >= 11 is 0. The lowest BCUT2D eigenvalue weighted by Crippen LogP contribution is -2.15. The molecule has 0 atom stereocenters. The molecule has 0 fully saturated rings. The second-order valence-electron chi connectivity index (χ2n) is 2.91. The SMILES string of the molecule is CC(=O)Nc1ncc(C#N)cc1C(F)(F)F. The van der Waals surface area contributed by atoms with Gasteiger partial charge in [-0.1, -0.05) is 0 Å². The van der Waals surface area contributed by atoms with E-state index in [1.165, 1.54) is 0 Å². The molecule has 1 aromatic rings. The summed E-state index contributed by atoms with van der Waals surface area (Å²) < 4.78 is 37.5. The van der Waals surface area contributed by atoms with Gasteiger partial charge in [0.25, 0.3) is 0 Å². The number of amides is 1. The van der Waals surface area contributed by atoms with Crippen LogP contribution < -0.4 is 5.32 Å². The van der Waals surface area contributed by atoms with Crippen molar-refractivity contribution >= 4 is 11.7 Å². The largest absolute Gasteiger partial charge is 0.420 e. The number of pyridine rings is 1. The van der Waals surface area contributed by atoms with Crippen LogP contribution in [0.3, 0.4) is 0 Å². The number of halogens is 3. The summed E-state index contributed by atoms with van der Waals surface area (Å²) in [6.07, 6.45) is -3.71. The van der Waals surface area contributed by atoms with Crippen LogP contribution in [0.4, 0.5) is 19.0 Å². The Labute approximate surface area is 88.7 Å². The molecular formula is C9H6F3N3O. The third-order valence-corrected chi connectivity index (χ3v) is 1.62. The van der Waals surface area contributed by atoms with Crippen LogP contribution in [0.25, 0.3) is 0 Å². The minimum atomic E-state index is -4.67. The van der Waals surface area contributed by atoms with Crippen LogP contribution in [-0.4, -0.2) is 10.9 Å². The number of hydrogen-bond donors (Lipinski definition) is 1. The first-order chi connectivity index (χ1) is 7.34. The number of aromatic nitrogens is 1. The fourth-order valence-electron chi connectivity index (χ4n) is 1.01. The first-order valence-corrected chi connectivity index (χ1v) is 4.09. The van der Waals surface area contributed by atoms with E-state index >= 15 is 0 Å². The van der Waals surface area contributed by atoms with Gasteiger partial charge in [0.05, 0.1) is 11.1 Å². The molecule has 0 saturated heterocycles. The zero-order valence-electron chi connectivity index (χ0n) is 8.09. The Morgan fingerprint density at radius 3 is 2.62 bits per heavy atom. The van der Waals surface area contributed by atoms with Gasteiger partial charge in [-0.3, -0.25) is 4.79 Å². The Kier molecular flexibility index (Phi) is 3.13. The summed E-state index contributed by atoms with van der Waals surface area (Å²) in [5, 5.41) is 10.4. The van der Waals surface area contributed by atoms with Crippen molar-refractivity contribution in [2.24, 2.45) is 0 Å². The van der Waals surface area contributed by atoms with Crippen LogP contribution in [0.5, 0.6) is 0 Å². The van der Waals surface area contributed by atoms with Gasteiger partial charge in [0.15, 0.2) is 0 Å². The van der Waals surface area contributed by atoms with Crippen molar-refractivity contribution in [3.05, 3.63) is 23.4 Å². The Bertz CT molecular complexity index is 462. The molecule has 84 valence electrons. The van der Waals surface area contributed by atoms with Crippen molar-refractivity contribution in [1.29, 1.82) is 5.26 Å². The van der Waals surface area contributed by atoms with Crippen molar-refractivity contribution in [3.63, 3.8) is 0 Å². The highest BCUT2D eigenvalue weighted by Gasteiger charge is 2.35. The number of carbonyl (C=O) groups is 1. The van der Waals surface area contributed by atoms with Crippen molar-refractivity contribution in [3.8, 4) is 6.07 Å². The second kappa shape index (κ2) is 4.18. The summed E-state index contributed by atoms with van der Waals surface area (Å²) in [7, 11) is 0. The summed E-state index contributed by atoms with van der Waals surface area (Å²) in [6.45, 7) is 1.07. The summed E-state index contributed by atoms with van der Waals surface area (Å²) in [5.74, 6) is -1.26. The predicted octanol–water partition coefficient (Wildman–Crippen LogP) is 1.93. The smallest absolute Gasteiger partial charge is 0.310 e. The van der Waals surface area contributed by atoms with Crippen molar-refractivity contribution in [1.82, 2.24) is 4.98 Å². The van der Waals surface area contributed by atoms with Gasteiger partial charge in [-0.15, -0.1) is 0 Å². The fraction of sp³-hybridized carbons (Fsp3) is 0.222. The van der Waals surface area contributed by atoms with Crippen molar-refractivity contribution in [2.45, 2.75) is 13.1 Å². The molecule has 1 amide bonds. The zero-order valence-corrected chi connectivity index (χ0v) is 8.09. The third-order valence-electron chi connectivity index (χ3n) is 1.62. The minimum Gasteiger partial charge on any atom is -0.310 e. The number of alkyl halides is 3. The van der Waals surface area contributed by atoms with Crippen LogP contribution in [0.1, 0.15) is 18.1 Å². The topological polar surface area (TPSA) is 65.8 Å². The standard InChI is InChI=1S/C9H6F3N3O/c1-5(16)15-8-7(9(10,11)12)2-6(3-13)4-14-8/h2,4H,1H3,(H,14,15,16). The van der Waals surface area contributed by atoms with Crippen LogP contribution in [0, 0.1) is 11.3 Å². The molecule has 1 heterocycles. The number of hydrogen-bond acceptors (Lipinski definition) is 3. The molecule has 1 aromatic heterocycles. The number of nitriles is 1. The third kappa shape index (κ3) is 2.70. The van der Waals surface area contributed by atoms with Gasteiger partial charge in [0.2, 0.25) is 5.91 Å². The molecule has 0 radical (unpaired) electrons. The number of nitrogens with zero attached hydrogens (tertiary/aromatic N) is 2. The summed E-state index contributed by atoms with van der Waals surface area (Å²) in [4.78, 5) is 14.0. The molecule has 16 heavy (non-hydrogen) atoms. The summed E-state index contributed by atoms with van der Waals surface area (Å²) in [5.41, 5.74) is -1.36. The molecule has 0 unspecified atom stereocenters. The van der Waals surface area contributed by atoms with E-state index in [1.807, 2.05) is 5.32 Å². The van der Waals surface area contributed by atoms with Crippen LogP contribution >= 0.6 is 0 Å². The molecular weight excluding hydrogens is 223 g/mol. The normalized spacial score (nSPS) is 10.7. The van der Waals surface area contributed by atoms with Gasteiger partial charge in [0, 0.05) is 13.1 Å². The molecule has 1 rings (SSSR count). The monoisotopic (exact) mass is 229 g/mol. The van der Waals surface area contributed by atoms with E-state index in [-0.39, 0.29) is 5.56 Å². The van der Waals surface area contributed by atoms with E-state index < -0.39 is 23.5 Å². The van der Waals surface area contributed by atoms with Gasteiger partial charge in [-0.05, 0) is 6.07 Å². The van der Waals surface area contributed by atoms with E-state index in [1.54, 1.807) is 6.07 Å². The van der Waals surface area contributed by atoms with Crippen molar-refractivity contribution < 1.29 is 18.0 Å². The molecule has 7 heteroatoms. The highest BCUT2D eigenvalue weighted by Crippen LogP contribution is 2.34. The molecule has 0 bridgehead atoms. The maximum Gasteiger partial charge on any atom is 0.420 e. The van der Waals surface area contributed by atoms with E-state index in [0.717, 1.165) is 13.1 Å². The Morgan fingerprint density at radius 1 is 1.56 bits per heavy atom. The molecule has 4 nitrogen and oxygen atoms in total. The summed E-state index contributed by atoms with van der Waals surface area (Å²) in [6, 6.07) is 2.18. The van der Waals surface area contributed by atoms with E-state index in [9.17, 15) is 18.0 Å². The Balaban J connectivity index is 3.28. The molecule has 0 aliphatic carbocycles. The molecule has 0 aliphatic rings. The average Bonchev–Trinajstić information content (AvgIpc) is 2.15. The van der Waals surface area contributed by atoms with E-state index in [2.05, 4.69) is 4.98 Å². The van der Waals surface area contributed by atoms with Gasteiger partial charge in [-0.2, -0.15) is 18.4 Å². The fourth-order valence-corrected chi connectivity index (χ4v) is 1.01. The lowest BCUT2D eigenvalue weighted by Gasteiger charge is -2.11. The Hall–Kier alpha value is -2.10. The lowest BCUT2D eigenvalue weighted by atomic mass is 10.2. The minimum absolute atomic E-state index is 0.221. The maximum absolute atomic E-state index is 12.5. The Morgan fingerprint density at radius 2 is 2.19 bits per heavy atom. The number of carbonyl (C=O) groups excluding carboxylic acids is 1. The van der Waals surface area contributed by atoms with Gasteiger partial charge in [-0.25, -0.2) is 4.98 Å². The highest BCUT2D eigenvalue weighted by molar-refractivity contribution is 5.88. The molecule has 0 aromatic carbocycles. The van der Waals surface area contributed by atoms with E-state index in [0.29, 0.717) is 6.07 Å². The average molecular weight is 229 g/mol. The highest BCUT2D eigenvalue weighted by atomic mass is 19.4. The molecule has 0 spiro atoms. The van der Waals surface area contributed by atoms with Crippen LogP contribution in [0.2, 0.25) is 0 Å². The predicted molar refractivity (Wildman–Crippen MR) is 48.3 cm³/mol. The number of anilines is 1. The lowest BCUT2D eigenvalue weighted by molar-refractivity contribution is -0.137. The molecule has 0 aliphatic heterocycles. The van der Waals surface area contributed by atoms with Gasteiger partial charge in [0.1, 0.15) is 11.9 Å². The van der Waals surface area contributed by atoms with Crippen molar-refractivity contribution in [2.75, 3.05) is 5.32 Å². The van der Waals surface area contributed by atoms with Crippen LogP contribution in [-0.2, 0) is 11.0 Å².